The molecule has 0 aromatic rings. The van der Waals surface area contributed by atoms with Gasteiger partial charge in [0.15, 0.2) is 0 Å². The average molecular weight is 192 g/mol. The van der Waals surface area contributed by atoms with Crippen LogP contribution in [0.2, 0.25) is 0 Å². The van der Waals surface area contributed by atoms with Crippen LogP contribution in [0, 0.1) is 23.7 Å². The summed E-state index contributed by atoms with van der Waals surface area (Å²) in [6, 6.07) is 0. The average Bonchev–Trinajstić information content (AvgIpc) is 2.27. The molecule has 0 spiro atoms. The first-order valence-electron chi connectivity index (χ1n) is 6.90. The zero-order chi connectivity index (χ0) is 9.38. The second-order valence-electron chi connectivity index (χ2n) is 6.24. The molecule has 4 bridgehead atoms. The lowest BCUT2D eigenvalue weighted by atomic mass is 9.67. The van der Waals surface area contributed by atoms with Crippen molar-refractivity contribution in [2.24, 2.45) is 23.7 Å². The fourth-order valence-corrected chi connectivity index (χ4v) is 4.35. The van der Waals surface area contributed by atoms with Crippen molar-refractivity contribution in [1.82, 2.24) is 0 Å². The Hall–Kier alpha value is 0. The summed E-state index contributed by atoms with van der Waals surface area (Å²) in [6.07, 6.45) is 15.8. The van der Waals surface area contributed by atoms with Crippen LogP contribution in [-0.2, 0) is 0 Å². The molecule has 0 nitrogen and oxygen atoms in total. The highest BCUT2D eigenvalue weighted by Crippen LogP contribution is 2.44. The molecule has 0 aromatic heterocycles. The van der Waals surface area contributed by atoms with Crippen LogP contribution >= 0.6 is 0 Å². The van der Waals surface area contributed by atoms with Gasteiger partial charge in [-0.1, -0.05) is 51.4 Å². The Morgan fingerprint density at radius 3 is 0.786 bits per heavy atom. The third kappa shape index (κ3) is 1.85. The van der Waals surface area contributed by atoms with Gasteiger partial charge in [-0.15, -0.1) is 0 Å². The van der Waals surface area contributed by atoms with Gasteiger partial charge in [0.25, 0.3) is 0 Å². The van der Waals surface area contributed by atoms with Gasteiger partial charge in [0.1, 0.15) is 0 Å². The smallest absolute Gasteiger partial charge is 0.0411 e. The van der Waals surface area contributed by atoms with Crippen LogP contribution in [-0.4, -0.2) is 0 Å². The first-order chi connectivity index (χ1) is 6.90. The van der Waals surface area contributed by atoms with Gasteiger partial charge in [-0.3, -0.25) is 0 Å². The molecule has 0 aliphatic heterocycles. The third-order valence-corrected chi connectivity index (χ3v) is 5.27. The molecule has 0 aromatic carbocycles. The summed E-state index contributed by atoms with van der Waals surface area (Å²) >= 11 is 0. The van der Waals surface area contributed by atoms with Gasteiger partial charge in [-0.05, 0) is 36.5 Å². The van der Waals surface area contributed by atoms with E-state index >= 15 is 0 Å². The minimum atomic E-state index is 1.13. The van der Waals surface area contributed by atoms with E-state index in [1.807, 2.05) is 0 Å². The molecule has 6 saturated carbocycles. The number of hydrogen-bond donors (Lipinski definition) is 0. The van der Waals surface area contributed by atoms with E-state index in [0.717, 1.165) is 23.7 Å². The van der Waals surface area contributed by atoms with Gasteiger partial charge in [0.2, 0.25) is 0 Å². The van der Waals surface area contributed by atoms with Crippen LogP contribution in [0.4, 0.5) is 0 Å². The van der Waals surface area contributed by atoms with Gasteiger partial charge < -0.3 is 0 Å². The van der Waals surface area contributed by atoms with E-state index in [9.17, 15) is 0 Å². The highest BCUT2D eigenvalue weighted by atomic mass is 14.4. The predicted octanol–water partition coefficient (Wildman–Crippen LogP) is 4.39. The zero-order valence-electron chi connectivity index (χ0n) is 9.38. The van der Waals surface area contributed by atoms with Crippen molar-refractivity contribution in [1.29, 1.82) is 0 Å². The summed E-state index contributed by atoms with van der Waals surface area (Å²) < 4.78 is 0. The lowest BCUT2D eigenvalue weighted by Gasteiger charge is -2.39. The van der Waals surface area contributed by atoms with Crippen molar-refractivity contribution in [2.45, 2.75) is 64.2 Å². The Balaban J connectivity index is 1.73. The van der Waals surface area contributed by atoms with Crippen LogP contribution < -0.4 is 0 Å². The molecule has 80 valence electrons. The summed E-state index contributed by atoms with van der Waals surface area (Å²) in [5, 5.41) is 0. The molecule has 0 atom stereocenters. The Morgan fingerprint density at radius 2 is 0.571 bits per heavy atom. The fraction of sp³-hybridized carbons (Fsp3) is 1.00. The standard InChI is InChI=1S/C14H24/c1-2-12-4-3-11(1)9-13-5-7-14(10-12)8-6-13/h11-14H,1-10H2. The molecule has 6 aliphatic carbocycles. The monoisotopic (exact) mass is 192 g/mol. The van der Waals surface area contributed by atoms with E-state index < -0.39 is 0 Å². The molecular formula is C14H24. The van der Waals surface area contributed by atoms with Crippen molar-refractivity contribution < 1.29 is 0 Å². The largest absolute Gasteiger partial charge is 0.0502 e. The van der Waals surface area contributed by atoms with Gasteiger partial charge in [0.05, 0.1) is 0 Å². The second-order valence-corrected chi connectivity index (χ2v) is 6.24. The fourth-order valence-electron chi connectivity index (χ4n) is 4.35. The normalized spacial score (nSPS) is 48.0. The number of rotatable bonds is 0. The van der Waals surface area contributed by atoms with Crippen molar-refractivity contribution in [3.63, 3.8) is 0 Å². The molecule has 0 radical (unpaired) electrons. The lowest BCUT2D eigenvalue weighted by molar-refractivity contribution is 0.133. The Kier molecular flexibility index (Phi) is 2.55. The summed E-state index contributed by atoms with van der Waals surface area (Å²) in [5.41, 5.74) is 0. The first kappa shape index (κ1) is 9.24. The summed E-state index contributed by atoms with van der Waals surface area (Å²) in [7, 11) is 0. The lowest BCUT2D eigenvalue weighted by Crippen LogP contribution is -2.26. The molecule has 0 N–H and O–H groups in total. The van der Waals surface area contributed by atoms with E-state index in [4.69, 9.17) is 0 Å². The third-order valence-electron chi connectivity index (χ3n) is 5.27. The molecule has 6 fully saturated rings. The van der Waals surface area contributed by atoms with Gasteiger partial charge in [0, 0.05) is 0 Å². The Morgan fingerprint density at radius 1 is 0.357 bits per heavy atom. The van der Waals surface area contributed by atoms with Crippen LogP contribution in [0.3, 0.4) is 0 Å². The summed E-state index contributed by atoms with van der Waals surface area (Å²) in [6.45, 7) is 0. The van der Waals surface area contributed by atoms with Crippen LogP contribution in [0.15, 0.2) is 0 Å². The van der Waals surface area contributed by atoms with Crippen LogP contribution in [0.5, 0.6) is 0 Å². The number of hydrogen-bond acceptors (Lipinski definition) is 0. The highest BCUT2D eigenvalue weighted by Gasteiger charge is 2.31. The Bertz CT molecular complexity index is 138. The molecule has 14 heavy (non-hydrogen) atoms. The molecule has 0 heteroatoms. The predicted molar refractivity (Wildman–Crippen MR) is 60.1 cm³/mol. The zero-order valence-corrected chi connectivity index (χ0v) is 9.38. The molecule has 0 heterocycles. The summed E-state index contributed by atoms with van der Waals surface area (Å²) in [5.74, 6) is 4.52. The molecule has 6 aliphatic rings. The second kappa shape index (κ2) is 3.87. The maximum Gasteiger partial charge on any atom is -0.0411 e. The van der Waals surface area contributed by atoms with Crippen molar-refractivity contribution >= 4 is 0 Å². The first-order valence-corrected chi connectivity index (χ1v) is 6.90. The SMILES string of the molecule is C1CC2CCC1CC1CCC(CC1)C2. The molecule has 0 saturated heterocycles. The van der Waals surface area contributed by atoms with E-state index in [1.54, 1.807) is 64.2 Å². The molecule has 6 rings (SSSR count). The quantitative estimate of drug-likeness (QED) is 0.534. The van der Waals surface area contributed by atoms with Gasteiger partial charge >= 0.3 is 0 Å². The minimum absolute atomic E-state index is 1.13. The van der Waals surface area contributed by atoms with E-state index in [-0.39, 0.29) is 0 Å². The van der Waals surface area contributed by atoms with Crippen LogP contribution in [0.25, 0.3) is 0 Å². The molecule has 0 amide bonds. The topological polar surface area (TPSA) is 0 Å². The van der Waals surface area contributed by atoms with Crippen LogP contribution in [0.1, 0.15) is 64.2 Å². The van der Waals surface area contributed by atoms with Crippen molar-refractivity contribution in [3.8, 4) is 0 Å². The maximum absolute atomic E-state index is 1.60. The van der Waals surface area contributed by atoms with Gasteiger partial charge in [-0.2, -0.15) is 0 Å². The highest BCUT2D eigenvalue weighted by molar-refractivity contribution is 4.83. The van der Waals surface area contributed by atoms with Gasteiger partial charge in [-0.25, -0.2) is 0 Å². The summed E-state index contributed by atoms with van der Waals surface area (Å²) in [4.78, 5) is 0. The van der Waals surface area contributed by atoms with E-state index in [1.165, 1.54) is 0 Å². The molecule has 0 unspecified atom stereocenters. The molecular weight excluding hydrogens is 168 g/mol. The van der Waals surface area contributed by atoms with Crippen molar-refractivity contribution in [3.05, 3.63) is 0 Å². The van der Waals surface area contributed by atoms with E-state index in [0.29, 0.717) is 0 Å². The minimum Gasteiger partial charge on any atom is -0.0502 e. The van der Waals surface area contributed by atoms with E-state index in [2.05, 4.69) is 0 Å². The van der Waals surface area contributed by atoms with Crippen molar-refractivity contribution in [2.75, 3.05) is 0 Å². The maximum atomic E-state index is 1.60. The Labute approximate surface area is 88.5 Å².